The van der Waals surface area contributed by atoms with Crippen LogP contribution in [0.25, 0.3) is 0 Å². The average molecular weight is 310 g/mol. The quantitative estimate of drug-likeness (QED) is 0.858. The molecule has 2 aromatic rings. The first-order chi connectivity index (χ1) is 10.8. The van der Waals surface area contributed by atoms with Gasteiger partial charge in [-0.2, -0.15) is 0 Å². The number of hydrogen-bond donors (Lipinski definition) is 1. The molecule has 2 N–H and O–H groups in total. The molecule has 0 saturated heterocycles. The molecular weight excluding hydrogens is 288 g/mol. The Kier molecular flexibility index (Phi) is 5.16. The highest BCUT2D eigenvalue weighted by Crippen LogP contribution is 2.24. The van der Waals surface area contributed by atoms with E-state index >= 15 is 0 Å². The molecule has 4 nitrogen and oxygen atoms in total. The Hall–Kier alpha value is -2.62. The second kappa shape index (κ2) is 7.09. The summed E-state index contributed by atoms with van der Waals surface area (Å²) >= 11 is 0. The van der Waals surface area contributed by atoms with E-state index in [1.807, 2.05) is 24.3 Å². The van der Waals surface area contributed by atoms with Crippen molar-refractivity contribution >= 4 is 17.8 Å². The Bertz CT molecular complexity index is 681. The molecule has 0 saturated carbocycles. The predicted molar refractivity (Wildman–Crippen MR) is 93.5 cm³/mol. The van der Waals surface area contributed by atoms with E-state index in [0.29, 0.717) is 5.75 Å². The number of aliphatic imine (C=N–C) groups is 1. The van der Waals surface area contributed by atoms with Crippen molar-refractivity contribution in [2.45, 2.75) is 26.2 Å². The van der Waals surface area contributed by atoms with E-state index in [1.165, 1.54) is 5.56 Å². The summed E-state index contributed by atoms with van der Waals surface area (Å²) in [5.74, 6) is 0.116. The van der Waals surface area contributed by atoms with Crippen LogP contribution >= 0.6 is 0 Å². The first kappa shape index (κ1) is 16.7. The molecule has 0 aliphatic rings. The minimum atomic E-state index is -0.491. The summed E-state index contributed by atoms with van der Waals surface area (Å²) in [6.45, 7) is 6.45. The van der Waals surface area contributed by atoms with Crippen LogP contribution in [0.2, 0.25) is 0 Å². The van der Waals surface area contributed by atoms with Gasteiger partial charge in [-0.15, -0.1) is 0 Å². The molecule has 0 spiro atoms. The van der Waals surface area contributed by atoms with E-state index in [2.05, 4.69) is 37.9 Å². The lowest BCUT2D eigenvalue weighted by molar-refractivity contribution is -0.119. The van der Waals surface area contributed by atoms with Crippen LogP contribution in [-0.2, 0) is 10.2 Å². The summed E-state index contributed by atoms with van der Waals surface area (Å²) in [5, 5.41) is 0. The summed E-state index contributed by atoms with van der Waals surface area (Å²) in [4.78, 5) is 15.1. The van der Waals surface area contributed by atoms with Crippen LogP contribution in [-0.4, -0.2) is 18.7 Å². The highest BCUT2D eigenvalue weighted by molar-refractivity contribution is 5.82. The van der Waals surface area contributed by atoms with Crippen LogP contribution in [0.15, 0.2) is 53.5 Å². The fraction of sp³-hybridized carbons (Fsp3) is 0.263. The lowest BCUT2D eigenvalue weighted by Crippen LogP contribution is -2.19. The number of nitrogens with zero attached hydrogens (tertiary/aromatic N) is 1. The summed E-state index contributed by atoms with van der Waals surface area (Å²) in [7, 11) is 0. The maximum Gasteiger partial charge on any atom is 0.255 e. The molecule has 2 rings (SSSR count). The normalized spacial score (nSPS) is 11.6. The van der Waals surface area contributed by atoms with E-state index in [4.69, 9.17) is 10.5 Å². The Morgan fingerprint density at radius 1 is 1.09 bits per heavy atom. The summed E-state index contributed by atoms with van der Waals surface area (Å²) in [6, 6.07) is 15.6. The number of nitrogens with two attached hydrogens (primary N) is 1. The number of rotatable bonds is 5. The van der Waals surface area contributed by atoms with E-state index in [1.54, 1.807) is 18.3 Å². The fourth-order valence-corrected chi connectivity index (χ4v) is 2.00. The van der Waals surface area contributed by atoms with Crippen molar-refractivity contribution < 1.29 is 9.53 Å². The molecule has 2 aromatic carbocycles. The number of hydrogen-bond acceptors (Lipinski definition) is 3. The van der Waals surface area contributed by atoms with E-state index < -0.39 is 5.91 Å². The van der Waals surface area contributed by atoms with Gasteiger partial charge in [0, 0.05) is 6.21 Å². The van der Waals surface area contributed by atoms with Crippen LogP contribution in [0.3, 0.4) is 0 Å². The first-order valence-corrected chi connectivity index (χ1v) is 7.50. The van der Waals surface area contributed by atoms with Crippen LogP contribution < -0.4 is 10.5 Å². The summed E-state index contributed by atoms with van der Waals surface area (Å²) in [5.41, 5.74) is 8.33. The third-order valence-electron chi connectivity index (χ3n) is 3.36. The monoisotopic (exact) mass is 310 g/mol. The lowest BCUT2D eigenvalue weighted by Gasteiger charge is -2.18. The van der Waals surface area contributed by atoms with E-state index in [-0.39, 0.29) is 12.0 Å². The van der Waals surface area contributed by atoms with Crippen LogP contribution in [0.5, 0.6) is 5.75 Å². The molecule has 23 heavy (non-hydrogen) atoms. The molecule has 0 heterocycles. The number of carbonyl (C=O) groups excluding carboxylic acids is 1. The van der Waals surface area contributed by atoms with Crippen molar-refractivity contribution in [3.8, 4) is 5.75 Å². The van der Waals surface area contributed by atoms with Gasteiger partial charge < -0.3 is 10.5 Å². The minimum Gasteiger partial charge on any atom is -0.484 e. The number of primary amides is 1. The fourth-order valence-electron chi connectivity index (χ4n) is 2.00. The van der Waals surface area contributed by atoms with Crippen molar-refractivity contribution in [2.24, 2.45) is 10.7 Å². The number of benzene rings is 2. The maximum atomic E-state index is 10.7. The van der Waals surface area contributed by atoms with Gasteiger partial charge in [-0.25, -0.2) is 0 Å². The van der Waals surface area contributed by atoms with Gasteiger partial charge >= 0.3 is 0 Å². The zero-order valence-electron chi connectivity index (χ0n) is 13.7. The van der Waals surface area contributed by atoms with Crippen molar-refractivity contribution in [3.63, 3.8) is 0 Å². The van der Waals surface area contributed by atoms with Gasteiger partial charge in [0.15, 0.2) is 6.61 Å². The molecule has 0 aromatic heterocycles. The first-order valence-electron chi connectivity index (χ1n) is 7.50. The highest BCUT2D eigenvalue weighted by atomic mass is 16.5. The third kappa shape index (κ3) is 5.25. The zero-order valence-corrected chi connectivity index (χ0v) is 13.7. The molecule has 1 amide bonds. The molecule has 4 heteroatoms. The van der Waals surface area contributed by atoms with Gasteiger partial charge in [-0.1, -0.05) is 32.9 Å². The van der Waals surface area contributed by atoms with Gasteiger partial charge in [0.1, 0.15) is 5.75 Å². The number of amides is 1. The maximum absolute atomic E-state index is 10.7. The Morgan fingerprint density at radius 3 is 2.22 bits per heavy atom. The summed E-state index contributed by atoms with van der Waals surface area (Å²) in [6.07, 6.45) is 1.80. The molecule has 0 radical (unpaired) electrons. The second-order valence-electron chi connectivity index (χ2n) is 6.38. The third-order valence-corrected chi connectivity index (χ3v) is 3.36. The largest absolute Gasteiger partial charge is 0.484 e. The van der Waals surface area contributed by atoms with Gasteiger partial charge in [0.25, 0.3) is 5.91 Å². The predicted octanol–water partition coefficient (Wildman–Crippen LogP) is 3.60. The molecule has 0 unspecified atom stereocenters. The topological polar surface area (TPSA) is 64.7 Å². The van der Waals surface area contributed by atoms with Gasteiger partial charge in [-0.05, 0) is 52.9 Å². The lowest BCUT2D eigenvalue weighted by atomic mass is 9.87. The van der Waals surface area contributed by atoms with Crippen molar-refractivity contribution in [3.05, 3.63) is 59.7 Å². The standard InChI is InChI=1S/C19H22N2O2/c1-19(2,3)15-6-8-16(9-7-15)21-12-14-4-10-17(11-5-14)23-13-18(20)22/h4-12H,13H2,1-3H3,(H2,20,22). The van der Waals surface area contributed by atoms with Crippen molar-refractivity contribution in [1.82, 2.24) is 0 Å². The van der Waals surface area contributed by atoms with Gasteiger partial charge in [0.05, 0.1) is 5.69 Å². The average Bonchev–Trinajstić information content (AvgIpc) is 2.51. The molecule has 0 aliphatic carbocycles. The minimum absolute atomic E-state index is 0.117. The Labute approximate surface area is 137 Å². The van der Waals surface area contributed by atoms with Crippen LogP contribution in [0, 0.1) is 0 Å². The van der Waals surface area contributed by atoms with Gasteiger partial charge in [-0.3, -0.25) is 9.79 Å². The van der Waals surface area contributed by atoms with Crippen molar-refractivity contribution in [2.75, 3.05) is 6.61 Å². The van der Waals surface area contributed by atoms with E-state index in [9.17, 15) is 4.79 Å². The SMILES string of the molecule is CC(C)(C)c1ccc(N=Cc2ccc(OCC(N)=O)cc2)cc1. The highest BCUT2D eigenvalue weighted by Gasteiger charge is 2.12. The molecule has 0 bridgehead atoms. The Balaban J connectivity index is 2.01. The number of carbonyl (C=O) groups is 1. The van der Waals surface area contributed by atoms with Gasteiger partial charge in [0.2, 0.25) is 0 Å². The molecule has 0 atom stereocenters. The molecular formula is C19H22N2O2. The molecule has 0 aliphatic heterocycles. The second-order valence-corrected chi connectivity index (χ2v) is 6.38. The summed E-state index contributed by atoms with van der Waals surface area (Å²) < 4.78 is 5.21. The molecule has 120 valence electrons. The van der Waals surface area contributed by atoms with Crippen molar-refractivity contribution in [1.29, 1.82) is 0 Å². The molecule has 0 fully saturated rings. The Morgan fingerprint density at radius 2 is 1.70 bits per heavy atom. The zero-order chi connectivity index (χ0) is 16.9. The number of ether oxygens (including phenoxy) is 1. The van der Waals surface area contributed by atoms with E-state index in [0.717, 1.165) is 11.3 Å². The van der Waals surface area contributed by atoms with Crippen LogP contribution in [0.1, 0.15) is 31.9 Å². The van der Waals surface area contributed by atoms with Crippen LogP contribution in [0.4, 0.5) is 5.69 Å². The smallest absolute Gasteiger partial charge is 0.255 e.